The molecule has 3 N–H and O–H groups in total. The minimum absolute atomic E-state index is 0.133. The molecule has 1 heterocycles. The monoisotopic (exact) mass is 293 g/mol. The molecular weight excluding hydrogens is 270 g/mol. The zero-order valence-corrected chi connectivity index (χ0v) is 13.0. The lowest BCUT2D eigenvalue weighted by Gasteiger charge is -2.32. The first-order valence-electron chi connectivity index (χ1n) is 7.20. The molecule has 0 unspecified atom stereocenters. The van der Waals surface area contributed by atoms with E-state index < -0.39 is 0 Å². The number of anilines is 1. The molecule has 4 nitrogen and oxygen atoms in total. The van der Waals surface area contributed by atoms with E-state index in [4.69, 9.17) is 18.0 Å². The summed E-state index contributed by atoms with van der Waals surface area (Å²) in [6.07, 6.45) is 4.82. The molecule has 1 fully saturated rings. The Kier molecular flexibility index (Phi) is 4.94. The van der Waals surface area contributed by atoms with Gasteiger partial charge in [0.2, 0.25) is 0 Å². The Morgan fingerprint density at radius 1 is 1.45 bits per heavy atom. The average molecular weight is 293 g/mol. The summed E-state index contributed by atoms with van der Waals surface area (Å²) >= 11 is 5.21. The lowest BCUT2D eigenvalue weighted by molar-refractivity contribution is 0.297. The number of aromatic nitrogens is 1. The van der Waals surface area contributed by atoms with E-state index in [9.17, 15) is 5.11 Å². The molecule has 0 spiro atoms. The second-order valence-electron chi connectivity index (χ2n) is 5.46. The third-order valence-electron chi connectivity index (χ3n) is 3.97. The third kappa shape index (κ3) is 3.10. The fourth-order valence-corrected chi connectivity index (χ4v) is 3.41. The molecule has 0 aromatic carbocycles. The number of hydrogen-bond acceptors (Lipinski definition) is 4. The second-order valence-corrected chi connectivity index (χ2v) is 5.90. The molecule has 0 saturated heterocycles. The molecule has 0 atom stereocenters. The van der Waals surface area contributed by atoms with Crippen molar-refractivity contribution in [2.24, 2.45) is 5.73 Å². The summed E-state index contributed by atoms with van der Waals surface area (Å²) in [5, 5.41) is 9.41. The van der Waals surface area contributed by atoms with Gasteiger partial charge in [0.1, 0.15) is 4.99 Å². The Morgan fingerprint density at radius 3 is 2.65 bits per heavy atom. The van der Waals surface area contributed by atoms with Crippen molar-refractivity contribution in [1.29, 1.82) is 0 Å². The molecule has 110 valence electrons. The van der Waals surface area contributed by atoms with Crippen LogP contribution in [-0.4, -0.2) is 34.3 Å². The predicted molar refractivity (Wildman–Crippen MR) is 86.3 cm³/mol. The van der Waals surface area contributed by atoms with Crippen LogP contribution in [0.5, 0.6) is 0 Å². The van der Waals surface area contributed by atoms with Gasteiger partial charge in [-0.2, -0.15) is 0 Å². The highest BCUT2D eigenvalue weighted by atomic mass is 32.1. The first-order valence-corrected chi connectivity index (χ1v) is 7.61. The third-order valence-corrected chi connectivity index (χ3v) is 4.17. The van der Waals surface area contributed by atoms with Crippen molar-refractivity contribution in [3.05, 3.63) is 23.0 Å². The van der Waals surface area contributed by atoms with Crippen LogP contribution in [0.25, 0.3) is 0 Å². The van der Waals surface area contributed by atoms with E-state index in [0.717, 1.165) is 35.5 Å². The Hall–Kier alpha value is -1.20. The van der Waals surface area contributed by atoms with Crippen molar-refractivity contribution in [2.45, 2.75) is 45.6 Å². The van der Waals surface area contributed by atoms with Gasteiger partial charge in [0.15, 0.2) is 0 Å². The van der Waals surface area contributed by atoms with Crippen LogP contribution in [0.3, 0.4) is 0 Å². The van der Waals surface area contributed by atoms with Gasteiger partial charge in [0.25, 0.3) is 0 Å². The average Bonchev–Trinajstić information content (AvgIpc) is 2.87. The first-order chi connectivity index (χ1) is 9.54. The number of hydrogen-bond donors (Lipinski definition) is 2. The number of thiocarbonyl (C=S) groups is 1. The van der Waals surface area contributed by atoms with Gasteiger partial charge in [-0.05, 0) is 32.8 Å². The van der Waals surface area contributed by atoms with Crippen LogP contribution in [0.2, 0.25) is 0 Å². The standard InChI is InChI=1S/C15H23N3OS/c1-10-9-13(14(15(16)20)11(2)17-10)18(7-8-19)12-5-3-4-6-12/h9,12,19H,3-8H2,1-2H3,(H2,16,20). The van der Waals surface area contributed by atoms with Crippen LogP contribution in [0.4, 0.5) is 5.69 Å². The molecule has 5 heteroatoms. The predicted octanol–water partition coefficient (Wildman–Crippen LogP) is 2.07. The first kappa shape index (κ1) is 15.2. The molecule has 0 aliphatic heterocycles. The maximum absolute atomic E-state index is 9.41. The van der Waals surface area contributed by atoms with E-state index in [1.54, 1.807) is 0 Å². The van der Waals surface area contributed by atoms with E-state index in [1.165, 1.54) is 12.8 Å². The number of aliphatic hydroxyl groups is 1. The summed E-state index contributed by atoms with van der Waals surface area (Å²) in [5.74, 6) is 0. The molecule has 1 aliphatic carbocycles. The summed E-state index contributed by atoms with van der Waals surface area (Å²) in [5.41, 5.74) is 9.61. The summed E-state index contributed by atoms with van der Waals surface area (Å²) < 4.78 is 0. The van der Waals surface area contributed by atoms with Gasteiger partial charge in [-0.1, -0.05) is 25.1 Å². The maximum atomic E-state index is 9.41. The molecule has 1 aromatic heterocycles. The van der Waals surface area contributed by atoms with E-state index in [1.807, 2.05) is 19.9 Å². The lowest BCUT2D eigenvalue weighted by atomic mass is 10.1. The smallest absolute Gasteiger partial charge is 0.107 e. The quantitative estimate of drug-likeness (QED) is 0.814. The van der Waals surface area contributed by atoms with E-state index in [2.05, 4.69) is 9.88 Å². The molecule has 0 bridgehead atoms. The Bertz CT molecular complexity index is 498. The Balaban J connectivity index is 2.48. The highest BCUT2D eigenvalue weighted by molar-refractivity contribution is 7.80. The van der Waals surface area contributed by atoms with Crippen molar-refractivity contribution in [3.63, 3.8) is 0 Å². The molecule has 0 amide bonds. The largest absolute Gasteiger partial charge is 0.395 e. The van der Waals surface area contributed by atoms with Gasteiger partial charge in [-0.15, -0.1) is 0 Å². The van der Waals surface area contributed by atoms with Gasteiger partial charge >= 0.3 is 0 Å². The fourth-order valence-electron chi connectivity index (χ4n) is 3.16. The molecule has 1 saturated carbocycles. The van der Waals surface area contributed by atoms with E-state index in [-0.39, 0.29) is 6.61 Å². The number of aryl methyl sites for hydroxylation is 2. The number of aliphatic hydroxyl groups excluding tert-OH is 1. The fraction of sp³-hybridized carbons (Fsp3) is 0.600. The summed E-state index contributed by atoms with van der Waals surface area (Å²) in [4.78, 5) is 7.12. The zero-order chi connectivity index (χ0) is 14.7. The minimum Gasteiger partial charge on any atom is -0.395 e. The van der Waals surface area contributed by atoms with Crippen LogP contribution in [0.1, 0.15) is 42.6 Å². The number of nitrogens with zero attached hydrogens (tertiary/aromatic N) is 2. The molecule has 2 rings (SSSR count). The molecule has 1 aliphatic rings. The van der Waals surface area contributed by atoms with Crippen LogP contribution < -0.4 is 10.6 Å². The van der Waals surface area contributed by atoms with Crippen LogP contribution in [-0.2, 0) is 0 Å². The molecule has 0 radical (unpaired) electrons. The van der Waals surface area contributed by atoms with Crippen molar-refractivity contribution in [3.8, 4) is 0 Å². The summed E-state index contributed by atoms with van der Waals surface area (Å²) in [6.45, 7) is 4.67. The topological polar surface area (TPSA) is 62.4 Å². The second kappa shape index (κ2) is 6.50. The molecule has 20 heavy (non-hydrogen) atoms. The van der Waals surface area contributed by atoms with E-state index in [0.29, 0.717) is 17.6 Å². The van der Waals surface area contributed by atoms with Crippen molar-refractivity contribution < 1.29 is 5.11 Å². The van der Waals surface area contributed by atoms with Gasteiger partial charge < -0.3 is 15.7 Å². The van der Waals surface area contributed by atoms with Gasteiger partial charge in [0, 0.05) is 24.0 Å². The lowest BCUT2D eigenvalue weighted by Crippen LogP contribution is -2.37. The highest BCUT2D eigenvalue weighted by Gasteiger charge is 2.26. The number of nitrogens with two attached hydrogens (primary N) is 1. The summed E-state index contributed by atoms with van der Waals surface area (Å²) in [7, 11) is 0. The Labute approximate surface area is 126 Å². The molecule has 1 aromatic rings. The van der Waals surface area contributed by atoms with Gasteiger partial charge in [-0.3, -0.25) is 4.98 Å². The van der Waals surface area contributed by atoms with Gasteiger partial charge in [0.05, 0.1) is 17.9 Å². The van der Waals surface area contributed by atoms with Crippen LogP contribution in [0.15, 0.2) is 6.07 Å². The molecular formula is C15H23N3OS. The van der Waals surface area contributed by atoms with Crippen molar-refractivity contribution in [2.75, 3.05) is 18.1 Å². The van der Waals surface area contributed by atoms with Crippen molar-refractivity contribution >= 4 is 22.9 Å². The minimum atomic E-state index is 0.133. The highest BCUT2D eigenvalue weighted by Crippen LogP contribution is 2.31. The number of rotatable bonds is 5. The number of pyridine rings is 1. The van der Waals surface area contributed by atoms with Gasteiger partial charge in [-0.25, -0.2) is 0 Å². The Morgan fingerprint density at radius 2 is 2.10 bits per heavy atom. The van der Waals surface area contributed by atoms with Crippen LogP contribution in [0, 0.1) is 13.8 Å². The van der Waals surface area contributed by atoms with E-state index >= 15 is 0 Å². The SMILES string of the molecule is Cc1cc(N(CCO)C2CCCC2)c(C(N)=S)c(C)n1. The maximum Gasteiger partial charge on any atom is 0.107 e. The van der Waals surface area contributed by atoms with Crippen LogP contribution >= 0.6 is 12.2 Å². The normalized spacial score (nSPS) is 15.6. The summed E-state index contributed by atoms with van der Waals surface area (Å²) in [6, 6.07) is 2.51. The van der Waals surface area contributed by atoms with Crippen molar-refractivity contribution in [1.82, 2.24) is 4.98 Å². The zero-order valence-electron chi connectivity index (χ0n) is 12.2.